The van der Waals surface area contributed by atoms with Crippen LogP contribution in [0.5, 0.6) is 5.75 Å². The van der Waals surface area contributed by atoms with Crippen molar-refractivity contribution < 1.29 is 18.3 Å². The van der Waals surface area contributed by atoms with Gasteiger partial charge in [-0.15, -0.1) is 0 Å². The summed E-state index contributed by atoms with van der Waals surface area (Å²) >= 11 is 0. The van der Waals surface area contributed by atoms with E-state index in [1.54, 1.807) is 18.2 Å². The maximum absolute atomic E-state index is 12.9. The number of rotatable bonds is 2. The Bertz CT molecular complexity index is 835. The van der Waals surface area contributed by atoms with Crippen LogP contribution in [0.25, 0.3) is 22.5 Å². The van der Waals surface area contributed by atoms with Gasteiger partial charge in [0.1, 0.15) is 5.75 Å². The van der Waals surface area contributed by atoms with Crippen LogP contribution in [0, 0.1) is 0 Å². The Labute approximate surface area is 129 Å². The number of phenolic OH excluding ortho intramolecular Hbond substituents is 1. The third-order valence-corrected chi connectivity index (χ3v) is 3.23. The largest absolute Gasteiger partial charge is 0.507 e. The molecule has 0 radical (unpaired) electrons. The lowest BCUT2D eigenvalue weighted by Crippen LogP contribution is -2.05. The molecule has 1 aromatic carbocycles. The van der Waals surface area contributed by atoms with Crippen molar-refractivity contribution in [3.8, 4) is 28.3 Å². The first-order chi connectivity index (χ1) is 11.0. The van der Waals surface area contributed by atoms with E-state index in [1.807, 2.05) is 0 Å². The average Bonchev–Trinajstić information content (AvgIpc) is 2.55. The van der Waals surface area contributed by atoms with Gasteiger partial charge < -0.3 is 5.11 Å². The summed E-state index contributed by atoms with van der Waals surface area (Å²) in [4.78, 5) is 3.99. The molecule has 0 aliphatic heterocycles. The molecule has 116 valence electrons. The molecule has 0 bridgehead atoms. The van der Waals surface area contributed by atoms with Gasteiger partial charge in [-0.05, 0) is 30.3 Å². The van der Waals surface area contributed by atoms with E-state index in [1.165, 1.54) is 18.3 Å². The molecule has 23 heavy (non-hydrogen) atoms. The average molecular weight is 317 g/mol. The number of aromatic nitrogens is 3. The molecule has 4 nitrogen and oxygen atoms in total. The second-order valence-electron chi connectivity index (χ2n) is 4.74. The highest BCUT2D eigenvalue weighted by molar-refractivity contribution is 5.84. The van der Waals surface area contributed by atoms with Gasteiger partial charge in [0.05, 0.1) is 22.5 Å². The van der Waals surface area contributed by atoms with Crippen molar-refractivity contribution in [2.24, 2.45) is 0 Å². The third-order valence-electron chi connectivity index (χ3n) is 3.23. The normalized spacial score (nSPS) is 11.4. The molecule has 0 saturated carbocycles. The molecule has 0 saturated heterocycles. The van der Waals surface area contributed by atoms with E-state index in [2.05, 4.69) is 15.2 Å². The number of nitrogens with zero attached hydrogens (tertiary/aromatic N) is 3. The van der Waals surface area contributed by atoms with Gasteiger partial charge in [0, 0.05) is 18.0 Å². The predicted octanol–water partition coefficient (Wildman–Crippen LogP) is 3.93. The maximum Gasteiger partial charge on any atom is 0.416 e. The van der Waals surface area contributed by atoms with E-state index in [-0.39, 0.29) is 17.0 Å². The summed E-state index contributed by atoms with van der Waals surface area (Å²) in [7, 11) is 0. The van der Waals surface area contributed by atoms with Gasteiger partial charge in [-0.1, -0.05) is 12.1 Å². The smallest absolute Gasteiger partial charge is 0.416 e. The molecule has 2 heterocycles. The number of hydrogen-bond donors (Lipinski definition) is 1. The van der Waals surface area contributed by atoms with Crippen LogP contribution in [-0.4, -0.2) is 20.3 Å². The maximum atomic E-state index is 12.9. The summed E-state index contributed by atoms with van der Waals surface area (Å²) in [6.45, 7) is 0. The van der Waals surface area contributed by atoms with Crippen LogP contribution in [0.1, 0.15) is 5.56 Å². The number of benzene rings is 1. The van der Waals surface area contributed by atoms with Crippen LogP contribution in [-0.2, 0) is 6.18 Å². The lowest BCUT2D eigenvalue weighted by molar-refractivity contribution is -0.137. The first-order valence-corrected chi connectivity index (χ1v) is 6.60. The van der Waals surface area contributed by atoms with Crippen LogP contribution in [0.3, 0.4) is 0 Å². The molecular weight excluding hydrogens is 307 g/mol. The van der Waals surface area contributed by atoms with Crippen molar-refractivity contribution in [1.29, 1.82) is 0 Å². The number of alkyl halides is 3. The van der Waals surface area contributed by atoms with Gasteiger partial charge in [-0.3, -0.25) is 4.98 Å². The van der Waals surface area contributed by atoms with Crippen molar-refractivity contribution in [1.82, 2.24) is 15.2 Å². The molecule has 0 unspecified atom stereocenters. The highest BCUT2D eigenvalue weighted by atomic mass is 19.4. The molecule has 3 aromatic rings. The Morgan fingerprint density at radius 2 is 1.74 bits per heavy atom. The molecule has 3 rings (SSSR count). The second kappa shape index (κ2) is 5.68. The van der Waals surface area contributed by atoms with Crippen LogP contribution < -0.4 is 0 Å². The third kappa shape index (κ3) is 2.98. The van der Waals surface area contributed by atoms with Crippen molar-refractivity contribution in [2.45, 2.75) is 6.18 Å². The van der Waals surface area contributed by atoms with E-state index in [0.29, 0.717) is 11.3 Å². The quantitative estimate of drug-likeness (QED) is 0.778. The molecule has 1 N–H and O–H groups in total. The highest BCUT2D eigenvalue weighted by Gasteiger charge is 2.31. The number of aromatic hydroxyl groups is 1. The fraction of sp³-hybridized carbons (Fsp3) is 0.0625. The van der Waals surface area contributed by atoms with Gasteiger partial charge in [-0.2, -0.15) is 23.4 Å². The Morgan fingerprint density at radius 1 is 0.913 bits per heavy atom. The first kappa shape index (κ1) is 15.0. The lowest BCUT2D eigenvalue weighted by Gasteiger charge is -2.12. The molecule has 0 fully saturated rings. The zero-order valence-electron chi connectivity index (χ0n) is 11.6. The molecule has 0 atom stereocenters. The van der Waals surface area contributed by atoms with Crippen LogP contribution in [0.2, 0.25) is 0 Å². The minimum absolute atomic E-state index is 0.0939. The molecule has 7 heteroatoms. The standard InChI is InChI=1S/C16H10F3N3O/c17-16(18,19)10-6-8-20-13(9-10)11-3-1-5-14(23)15(11)12-4-2-7-21-22-12/h1-9,23H. The van der Waals surface area contributed by atoms with E-state index in [0.717, 1.165) is 18.3 Å². The zero-order chi connectivity index (χ0) is 16.4. The molecule has 0 spiro atoms. The van der Waals surface area contributed by atoms with Crippen molar-refractivity contribution in [2.75, 3.05) is 0 Å². The van der Waals surface area contributed by atoms with E-state index >= 15 is 0 Å². The molecule has 2 aromatic heterocycles. The van der Waals surface area contributed by atoms with Crippen LogP contribution in [0.15, 0.2) is 54.9 Å². The topological polar surface area (TPSA) is 58.9 Å². The van der Waals surface area contributed by atoms with Gasteiger partial charge in [0.2, 0.25) is 0 Å². The number of halogens is 3. The summed E-state index contributed by atoms with van der Waals surface area (Å²) in [6.07, 6.45) is -1.92. The number of pyridine rings is 1. The summed E-state index contributed by atoms with van der Waals surface area (Å²) in [6, 6.07) is 9.61. The number of hydrogen-bond acceptors (Lipinski definition) is 4. The monoisotopic (exact) mass is 317 g/mol. The van der Waals surface area contributed by atoms with Gasteiger partial charge in [0.25, 0.3) is 0 Å². The van der Waals surface area contributed by atoms with Crippen LogP contribution >= 0.6 is 0 Å². The van der Waals surface area contributed by atoms with Crippen LogP contribution in [0.4, 0.5) is 13.2 Å². The Kier molecular flexibility index (Phi) is 3.69. The lowest BCUT2D eigenvalue weighted by atomic mass is 9.99. The Hall–Kier alpha value is -2.96. The Morgan fingerprint density at radius 3 is 2.43 bits per heavy atom. The van der Waals surface area contributed by atoms with Gasteiger partial charge >= 0.3 is 6.18 Å². The molecule has 0 aliphatic rings. The van der Waals surface area contributed by atoms with Crippen molar-refractivity contribution >= 4 is 0 Å². The zero-order valence-corrected chi connectivity index (χ0v) is 11.6. The van der Waals surface area contributed by atoms with Gasteiger partial charge in [-0.25, -0.2) is 0 Å². The fourth-order valence-electron chi connectivity index (χ4n) is 2.21. The predicted molar refractivity (Wildman–Crippen MR) is 77.4 cm³/mol. The fourth-order valence-corrected chi connectivity index (χ4v) is 2.21. The van der Waals surface area contributed by atoms with Crippen molar-refractivity contribution in [3.05, 3.63) is 60.4 Å². The first-order valence-electron chi connectivity index (χ1n) is 6.60. The second-order valence-corrected chi connectivity index (χ2v) is 4.74. The van der Waals surface area contributed by atoms with E-state index in [4.69, 9.17) is 0 Å². The molecular formula is C16H10F3N3O. The van der Waals surface area contributed by atoms with E-state index < -0.39 is 11.7 Å². The molecule has 0 amide bonds. The van der Waals surface area contributed by atoms with Gasteiger partial charge in [0.15, 0.2) is 0 Å². The minimum atomic E-state index is -4.47. The summed E-state index contributed by atoms with van der Waals surface area (Å²) in [5.74, 6) is -0.109. The number of phenols is 1. The summed E-state index contributed by atoms with van der Waals surface area (Å²) < 4.78 is 38.7. The van der Waals surface area contributed by atoms with Crippen molar-refractivity contribution in [3.63, 3.8) is 0 Å². The van der Waals surface area contributed by atoms with E-state index in [9.17, 15) is 18.3 Å². The molecule has 0 aliphatic carbocycles. The highest BCUT2D eigenvalue weighted by Crippen LogP contribution is 2.38. The minimum Gasteiger partial charge on any atom is -0.507 e. The SMILES string of the molecule is Oc1cccc(-c2cc(C(F)(F)F)ccn2)c1-c1cccnn1. The Balaban J connectivity index is 2.21. The summed E-state index contributed by atoms with van der Waals surface area (Å²) in [5, 5.41) is 17.8. The summed E-state index contributed by atoms with van der Waals surface area (Å²) in [5.41, 5.74) is 0.260.